The second-order valence-corrected chi connectivity index (χ2v) is 7.71. The summed E-state index contributed by atoms with van der Waals surface area (Å²) in [4.78, 5) is 12.2. The molecule has 0 spiro atoms. The van der Waals surface area contributed by atoms with Gasteiger partial charge in [-0.2, -0.15) is 4.72 Å². The van der Waals surface area contributed by atoms with Crippen molar-refractivity contribution in [1.29, 1.82) is 0 Å². The minimum Gasteiger partial charge on any atom is -0.496 e. The van der Waals surface area contributed by atoms with Crippen LogP contribution in [0.5, 0.6) is 5.75 Å². The summed E-state index contributed by atoms with van der Waals surface area (Å²) >= 11 is 5.65. The molecule has 26 heavy (non-hydrogen) atoms. The van der Waals surface area contributed by atoms with Crippen LogP contribution in [0.15, 0.2) is 41.3 Å². The van der Waals surface area contributed by atoms with E-state index in [1.807, 2.05) is 0 Å². The number of benzene rings is 2. The minimum atomic E-state index is -3.91. The number of sulfonamides is 1. The monoisotopic (exact) mass is 400 g/mol. The number of carbonyl (C=O) groups is 1. The van der Waals surface area contributed by atoms with Crippen molar-refractivity contribution in [2.24, 2.45) is 0 Å². The van der Waals surface area contributed by atoms with Crippen LogP contribution in [0.4, 0.5) is 10.1 Å². The fourth-order valence-electron chi connectivity index (χ4n) is 2.20. The van der Waals surface area contributed by atoms with Crippen molar-refractivity contribution in [3.8, 4) is 5.75 Å². The van der Waals surface area contributed by atoms with Crippen LogP contribution in [0.1, 0.15) is 12.5 Å². The summed E-state index contributed by atoms with van der Waals surface area (Å²) in [5, 5.41) is 2.33. The van der Waals surface area contributed by atoms with Crippen molar-refractivity contribution < 1.29 is 22.3 Å². The summed E-state index contributed by atoms with van der Waals surface area (Å²) < 4.78 is 45.4. The Balaban J connectivity index is 2.11. The van der Waals surface area contributed by atoms with Crippen LogP contribution < -0.4 is 14.8 Å². The molecule has 2 aromatic carbocycles. The summed E-state index contributed by atoms with van der Waals surface area (Å²) in [6.45, 7) is 3.11. The molecule has 0 aliphatic carbocycles. The lowest BCUT2D eigenvalue weighted by Gasteiger charge is -2.15. The molecule has 0 bridgehead atoms. The third-order valence-corrected chi connectivity index (χ3v) is 5.42. The predicted octanol–water partition coefficient (Wildman–Crippen LogP) is 3.10. The first-order valence-corrected chi connectivity index (χ1v) is 9.43. The van der Waals surface area contributed by atoms with Gasteiger partial charge in [0, 0.05) is 5.69 Å². The van der Waals surface area contributed by atoms with Gasteiger partial charge in [-0.3, -0.25) is 4.79 Å². The van der Waals surface area contributed by atoms with Crippen molar-refractivity contribution in [3.63, 3.8) is 0 Å². The zero-order valence-corrected chi connectivity index (χ0v) is 15.9. The zero-order chi connectivity index (χ0) is 19.5. The van der Waals surface area contributed by atoms with Gasteiger partial charge in [0.05, 0.1) is 23.1 Å². The molecule has 0 aliphatic rings. The standard InChI is InChI=1S/C17H18ClFN2O4S/c1-10-8-13(5-7-16(10)25-3)26(23,24)21-11(2)17(22)20-12-4-6-15(19)14(18)9-12/h4-9,11,21H,1-3H3,(H,20,22)/t11-/m0/s1. The molecular formula is C17H18ClFN2O4S. The fourth-order valence-corrected chi connectivity index (χ4v) is 3.66. The molecule has 0 saturated heterocycles. The molecule has 0 fully saturated rings. The minimum absolute atomic E-state index is 0.0141. The number of rotatable bonds is 6. The first-order valence-electron chi connectivity index (χ1n) is 7.57. The van der Waals surface area contributed by atoms with Gasteiger partial charge < -0.3 is 10.1 Å². The van der Waals surface area contributed by atoms with Crippen molar-refractivity contribution in [2.75, 3.05) is 12.4 Å². The number of nitrogens with one attached hydrogen (secondary N) is 2. The maximum atomic E-state index is 13.1. The van der Waals surface area contributed by atoms with Crippen molar-refractivity contribution in [1.82, 2.24) is 4.72 Å². The Hall–Kier alpha value is -2.16. The largest absolute Gasteiger partial charge is 0.496 e. The molecule has 2 aromatic rings. The van der Waals surface area contributed by atoms with Gasteiger partial charge in [0.2, 0.25) is 15.9 Å². The summed E-state index contributed by atoms with van der Waals surface area (Å²) in [5.41, 5.74) is 0.904. The Kier molecular flexibility index (Phi) is 6.22. The average Bonchev–Trinajstić information content (AvgIpc) is 2.57. The molecule has 6 nitrogen and oxygen atoms in total. The molecule has 0 heterocycles. The van der Waals surface area contributed by atoms with Gasteiger partial charge in [-0.05, 0) is 55.8 Å². The summed E-state index contributed by atoms with van der Waals surface area (Å²) in [6, 6.07) is 6.98. The van der Waals surface area contributed by atoms with Crippen molar-refractivity contribution in [2.45, 2.75) is 24.8 Å². The normalized spacial score (nSPS) is 12.5. The molecule has 2 N–H and O–H groups in total. The number of methoxy groups -OCH3 is 1. The van der Waals surface area contributed by atoms with Crippen LogP contribution >= 0.6 is 11.6 Å². The molecule has 0 aliphatic heterocycles. The maximum Gasteiger partial charge on any atom is 0.242 e. The molecule has 1 amide bonds. The number of aryl methyl sites for hydroxylation is 1. The Labute approximate surface area is 156 Å². The molecule has 0 radical (unpaired) electrons. The van der Waals surface area contributed by atoms with Crippen LogP contribution in [0.2, 0.25) is 5.02 Å². The molecule has 9 heteroatoms. The number of halogens is 2. The van der Waals surface area contributed by atoms with E-state index in [1.165, 1.54) is 44.4 Å². The van der Waals surface area contributed by atoms with Crippen LogP contribution in [0, 0.1) is 12.7 Å². The number of hydrogen-bond donors (Lipinski definition) is 2. The van der Waals surface area contributed by atoms with E-state index < -0.39 is 27.8 Å². The van der Waals surface area contributed by atoms with E-state index in [4.69, 9.17) is 16.3 Å². The summed E-state index contributed by atoms with van der Waals surface area (Å²) in [7, 11) is -2.42. The van der Waals surface area contributed by atoms with Crippen LogP contribution in [0.25, 0.3) is 0 Å². The van der Waals surface area contributed by atoms with E-state index in [9.17, 15) is 17.6 Å². The van der Waals surface area contributed by atoms with Gasteiger partial charge in [-0.1, -0.05) is 11.6 Å². The molecule has 140 valence electrons. The third-order valence-electron chi connectivity index (χ3n) is 3.59. The maximum absolute atomic E-state index is 13.1. The molecule has 1 atom stereocenters. The highest BCUT2D eigenvalue weighted by atomic mass is 35.5. The number of anilines is 1. The van der Waals surface area contributed by atoms with E-state index in [2.05, 4.69) is 10.0 Å². The van der Waals surface area contributed by atoms with Crippen LogP contribution in [-0.2, 0) is 14.8 Å². The highest BCUT2D eigenvalue weighted by Crippen LogP contribution is 2.22. The van der Waals surface area contributed by atoms with Gasteiger partial charge >= 0.3 is 0 Å². The molecule has 0 aromatic heterocycles. The van der Waals surface area contributed by atoms with E-state index in [0.717, 1.165) is 6.07 Å². The summed E-state index contributed by atoms with van der Waals surface area (Å²) in [6.07, 6.45) is 0. The van der Waals surface area contributed by atoms with Crippen LogP contribution in [0.3, 0.4) is 0 Å². The Morgan fingerprint density at radius 2 is 1.92 bits per heavy atom. The SMILES string of the molecule is COc1ccc(S(=O)(=O)N[C@@H](C)C(=O)Nc2ccc(F)c(Cl)c2)cc1C. The van der Waals surface area contributed by atoms with E-state index in [-0.39, 0.29) is 15.6 Å². The van der Waals surface area contributed by atoms with Crippen molar-refractivity contribution >= 4 is 33.2 Å². The second-order valence-electron chi connectivity index (χ2n) is 5.59. The number of hydrogen-bond acceptors (Lipinski definition) is 4. The van der Waals surface area contributed by atoms with Gasteiger partial charge in [0.15, 0.2) is 0 Å². The average molecular weight is 401 g/mol. The molecule has 2 rings (SSSR count). The lowest BCUT2D eigenvalue weighted by molar-refractivity contribution is -0.117. The molecular weight excluding hydrogens is 383 g/mol. The van der Waals surface area contributed by atoms with Gasteiger partial charge in [0.1, 0.15) is 11.6 Å². The van der Waals surface area contributed by atoms with Crippen molar-refractivity contribution in [3.05, 3.63) is 52.8 Å². The number of amides is 1. The Morgan fingerprint density at radius 3 is 2.50 bits per heavy atom. The van der Waals surface area contributed by atoms with Gasteiger partial charge in [0.25, 0.3) is 0 Å². The highest BCUT2D eigenvalue weighted by molar-refractivity contribution is 7.89. The van der Waals surface area contributed by atoms with Gasteiger partial charge in [-0.15, -0.1) is 0 Å². The first kappa shape index (κ1) is 20.2. The lowest BCUT2D eigenvalue weighted by atomic mass is 10.2. The van der Waals surface area contributed by atoms with E-state index in [0.29, 0.717) is 11.3 Å². The number of ether oxygens (including phenoxy) is 1. The molecule has 0 unspecified atom stereocenters. The van der Waals surface area contributed by atoms with E-state index >= 15 is 0 Å². The topological polar surface area (TPSA) is 84.5 Å². The lowest BCUT2D eigenvalue weighted by Crippen LogP contribution is -2.41. The third kappa shape index (κ3) is 4.72. The smallest absolute Gasteiger partial charge is 0.242 e. The molecule has 0 saturated carbocycles. The van der Waals surface area contributed by atoms with E-state index in [1.54, 1.807) is 6.92 Å². The first-order chi connectivity index (χ1) is 12.1. The zero-order valence-electron chi connectivity index (χ0n) is 14.3. The Bertz CT molecular complexity index is 934. The fraction of sp³-hybridized carbons (Fsp3) is 0.235. The summed E-state index contributed by atoms with van der Waals surface area (Å²) in [5.74, 6) is -0.669. The Morgan fingerprint density at radius 1 is 1.23 bits per heavy atom. The van der Waals surface area contributed by atoms with Gasteiger partial charge in [-0.25, -0.2) is 12.8 Å². The van der Waals surface area contributed by atoms with Crippen LogP contribution in [-0.4, -0.2) is 27.5 Å². The quantitative estimate of drug-likeness (QED) is 0.780. The second kappa shape index (κ2) is 8.03. The highest BCUT2D eigenvalue weighted by Gasteiger charge is 2.23. The number of carbonyl (C=O) groups excluding carboxylic acids is 1. The predicted molar refractivity (Wildman–Crippen MR) is 97.6 cm³/mol.